The second kappa shape index (κ2) is 6.04. The van der Waals surface area contributed by atoms with Gasteiger partial charge in [0.2, 0.25) is 11.9 Å². The molecule has 6 nitrogen and oxygen atoms in total. The minimum atomic E-state index is 0.0466. The van der Waals surface area contributed by atoms with Gasteiger partial charge in [0, 0.05) is 13.1 Å². The molecule has 0 spiro atoms. The van der Waals surface area contributed by atoms with Crippen LogP contribution in [-0.4, -0.2) is 34.1 Å². The molecule has 106 valence electrons. The summed E-state index contributed by atoms with van der Waals surface area (Å²) in [5, 5.41) is 6.33. The number of hydrogen-bond acceptors (Lipinski definition) is 6. The Morgan fingerprint density at radius 3 is 2.47 bits per heavy atom. The van der Waals surface area contributed by atoms with Crippen molar-refractivity contribution in [2.24, 2.45) is 5.92 Å². The molecular weight excluding hydrogens is 242 g/mol. The van der Waals surface area contributed by atoms with Crippen LogP contribution in [0.25, 0.3) is 0 Å². The smallest absolute Gasteiger partial charge is 0.323 e. The molecule has 2 unspecified atom stereocenters. The van der Waals surface area contributed by atoms with Gasteiger partial charge in [-0.05, 0) is 32.6 Å². The molecule has 1 aromatic rings. The van der Waals surface area contributed by atoms with Gasteiger partial charge in [0.15, 0.2) is 0 Å². The Morgan fingerprint density at radius 1 is 1.16 bits per heavy atom. The van der Waals surface area contributed by atoms with Gasteiger partial charge in [-0.2, -0.15) is 15.0 Å². The third kappa shape index (κ3) is 3.68. The van der Waals surface area contributed by atoms with Gasteiger partial charge in [-0.15, -0.1) is 0 Å². The average Bonchev–Trinajstić information content (AvgIpc) is 2.74. The predicted octanol–water partition coefficient (Wildman–Crippen LogP) is 2.30. The van der Waals surface area contributed by atoms with E-state index in [-0.39, 0.29) is 6.10 Å². The molecule has 0 bridgehead atoms. The van der Waals surface area contributed by atoms with E-state index in [9.17, 15) is 0 Å². The summed E-state index contributed by atoms with van der Waals surface area (Å²) in [7, 11) is 1.79. The summed E-state index contributed by atoms with van der Waals surface area (Å²) in [5.74, 6) is 1.77. The summed E-state index contributed by atoms with van der Waals surface area (Å²) < 4.78 is 5.55. The fraction of sp³-hybridized carbons (Fsp3) is 0.769. The fourth-order valence-corrected chi connectivity index (χ4v) is 2.32. The number of aromatic nitrogens is 3. The molecule has 1 saturated carbocycles. The lowest BCUT2D eigenvalue weighted by Gasteiger charge is -2.18. The minimum absolute atomic E-state index is 0.0466. The molecule has 0 saturated heterocycles. The molecule has 6 heteroatoms. The summed E-state index contributed by atoms with van der Waals surface area (Å²) in [6, 6.07) is 0.807. The second-order valence-electron chi connectivity index (χ2n) is 5.34. The zero-order valence-corrected chi connectivity index (χ0v) is 12.1. The van der Waals surface area contributed by atoms with E-state index in [0.717, 1.165) is 0 Å². The normalized spacial score (nSPS) is 22.6. The fourth-order valence-electron chi connectivity index (χ4n) is 2.32. The summed E-state index contributed by atoms with van der Waals surface area (Å²) in [6.07, 6.45) is 3.74. The quantitative estimate of drug-likeness (QED) is 0.851. The van der Waals surface area contributed by atoms with Crippen LogP contribution in [0, 0.1) is 5.92 Å². The van der Waals surface area contributed by atoms with Crippen molar-refractivity contribution in [3.05, 3.63) is 0 Å². The number of ether oxygens (including phenoxy) is 1. The minimum Gasteiger partial charge on any atom is -0.461 e. The van der Waals surface area contributed by atoms with Crippen molar-refractivity contribution in [3.63, 3.8) is 0 Å². The summed E-state index contributed by atoms with van der Waals surface area (Å²) in [4.78, 5) is 12.8. The van der Waals surface area contributed by atoms with Gasteiger partial charge in [0.25, 0.3) is 0 Å². The zero-order valence-electron chi connectivity index (χ0n) is 12.1. The zero-order chi connectivity index (χ0) is 13.8. The third-order valence-electron chi connectivity index (χ3n) is 3.36. The number of nitrogens with one attached hydrogen (secondary N) is 2. The SMILES string of the molecule is CNc1nc(NC2CCCC2C)nc(OC(C)C)n1. The molecule has 0 radical (unpaired) electrons. The van der Waals surface area contributed by atoms with Crippen molar-refractivity contribution in [1.29, 1.82) is 0 Å². The Bertz CT molecular complexity index is 423. The van der Waals surface area contributed by atoms with Gasteiger partial charge in [-0.3, -0.25) is 0 Å². The maximum atomic E-state index is 5.55. The van der Waals surface area contributed by atoms with E-state index in [4.69, 9.17) is 4.74 Å². The molecule has 19 heavy (non-hydrogen) atoms. The topological polar surface area (TPSA) is 72.0 Å². The standard InChI is InChI=1S/C13H23N5O/c1-8(2)19-13-17-11(14-4)16-12(18-13)15-10-7-5-6-9(10)3/h8-10H,5-7H2,1-4H3,(H2,14,15,16,17,18). The number of rotatable bonds is 5. The first kappa shape index (κ1) is 13.8. The van der Waals surface area contributed by atoms with Crippen LogP contribution in [0.2, 0.25) is 0 Å². The monoisotopic (exact) mass is 265 g/mol. The van der Waals surface area contributed by atoms with Crippen molar-refractivity contribution in [3.8, 4) is 6.01 Å². The lowest BCUT2D eigenvalue weighted by atomic mass is 10.1. The van der Waals surface area contributed by atoms with Gasteiger partial charge in [0.1, 0.15) is 0 Å². The van der Waals surface area contributed by atoms with Crippen molar-refractivity contribution in [2.75, 3.05) is 17.7 Å². The highest BCUT2D eigenvalue weighted by Gasteiger charge is 2.24. The highest BCUT2D eigenvalue weighted by atomic mass is 16.5. The van der Waals surface area contributed by atoms with Crippen LogP contribution in [0.3, 0.4) is 0 Å². The summed E-state index contributed by atoms with van der Waals surface area (Å²) >= 11 is 0. The number of nitrogens with zero attached hydrogens (tertiary/aromatic N) is 3. The molecule has 2 N–H and O–H groups in total. The van der Waals surface area contributed by atoms with E-state index in [0.29, 0.717) is 29.9 Å². The van der Waals surface area contributed by atoms with E-state index in [2.05, 4.69) is 32.5 Å². The van der Waals surface area contributed by atoms with E-state index < -0.39 is 0 Å². The summed E-state index contributed by atoms with van der Waals surface area (Å²) in [6.45, 7) is 6.17. The second-order valence-corrected chi connectivity index (χ2v) is 5.34. The maximum absolute atomic E-state index is 5.55. The molecule has 0 aromatic carbocycles. The average molecular weight is 265 g/mol. The van der Waals surface area contributed by atoms with Crippen molar-refractivity contribution < 1.29 is 4.74 Å². The molecule has 1 aromatic heterocycles. The molecule has 2 rings (SSSR count). The van der Waals surface area contributed by atoms with Crippen LogP contribution in [0.5, 0.6) is 6.01 Å². The molecule has 0 aliphatic heterocycles. The van der Waals surface area contributed by atoms with E-state index in [1.54, 1.807) is 7.05 Å². The third-order valence-corrected chi connectivity index (χ3v) is 3.36. The van der Waals surface area contributed by atoms with E-state index in [1.165, 1.54) is 19.3 Å². The van der Waals surface area contributed by atoms with Crippen LogP contribution < -0.4 is 15.4 Å². The van der Waals surface area contributed by atoms with Crippen LogP contribution in [0.15, 0.2) is 0 Å². The Balaban J connectivity index is 2.14. The van der Waals surface area contributed by atoms with Crippen LogP contribution in [0.4, 0.5) is 11.9 Å². The Labute approximate surface area is 114 Å². The van der Waals surface area contributed by atoms with Crippen molar-refractivity contribution in [2.45, 2.75) is 52.2 Å². The highest BCUT2D eigenvalue weighted by Crippen LogP contribution is 2.27. The van der Waals surface area contributed by atoms with Crippen LogP contribution in [0.1, 0.15) is 40.0 Å². The highest BCUT2D eigenvalue weighted by molar-refractivity contribution is 5.36. The molecular formula is C13H23N5O. The first-order valence-corrected chi connectivity index (χ1v) is 6.95. The molecule has 2 atom stereocenters. The van der Waals surface area contributed by atoms with E-state index >= 15 is 0 Å². The number of anilines is 2. The predicted molar refractivity (Wildman–Crippen MR) is 75.6 cm³/mol. The molecule has 1 aliphatic rings. The van der Waals surface area contributed by atoms with Gasteiger partial charge in [0.05, 0.1) is 6.10 Å². The van der Waals surface area contributed by atoms with E-state index in [1.807, 2.05) is 13.8 Å². The maximum Gasteiger partial charge on any atom is 0.323 e. The lowest BCUT2D eigenvalue weighted by Crippen LogP contribution is -2.24. The Morgan fingerprint density at radius 2 is 1.89 bits per heavy atom. The molecule has 0 amide bonds. The van der Waals surface area contributed by atoms with Gasteiger partial charge >= 0.3 is 6.01 Å². The Hall–Kier alpha value is -1.59. The molecule has 1 heterocycles. The van der Waals surface area contributed by atoms with Crippen molar-refractivity contribution >= 4 is 11.9 Å². The Kier molecular flexibility index (Phi) is 4.39. The van der Waals surface area contributed by atoms with Crippen LogP contribution in [-0.2, 0) is 0 Å². The van der Waals surface area contributed by atoms with Gasteiger partial charge < -0.3 is 15.4 Å². The first-order chi connectivity index (χ1) is 9.08. The largest absolute Gasteiger partial charge is 0.461 e. The van der Waals surface area contributed by atoms with Gasteiger partial charge in [-0.25, -0.2) is 0 Å². The number of hydrogen-bond donors (Lipinski definition) is 2. The molecule has 1 aliphatic carbocycles. The van der Waals surface area contributed by atoms with Crippen LogP contribution >= 0.6 is 0 Å². The lowest BCUT2D eigenvalue weighted by molar-refractivity contribution is 0.222. The molecule has 1 fully saturated rings. The first-order valence-electron chi connectivity index (χ1n) is 6.95. The van der Waals surface area contributed by atoms with Gasteiger partial charge in [-0.1, -0.05) is 13.3 Å². The summed E-state index contributed by atoms with van der Waals surface area (Å²) in [5.41, 5.74) is 0. The van der Waals surface area contributed by atoms with Crippen molar-refractivity contribution in [1.82, 2.24) is 15.0 Å².